The second-order valence-electron chi connectivity index (χ2n) is 3.77. The quantitative estimate of drug-likeness (QED) is 0.726. The first-order chi connectivity index (χ1) is 10.2. The van der Waals surface area contributed by atoms with Crippen molar-refractivity contribution in [3.63, 3.8) is 0 Å². The SMILES string of the molecule is N#Cc1cccc(Oc2nc(Cl)nc(-n3cncn3)n2)c1. The number of halogens is 1. The summed E-state index contributed by atoms with van der Waals surface area (Å²) in [6, 6.07) is 8.60. The fourth-order valence-corrected chi connectivity index (χ4v) is 1.66. The van der Waals surface area contributed by atoms with Gasteiger partial charge in [-0.3, -0.25) is 0 Å². The number of nitriles is 1. The van der Waals surface area contributed by atoms with Gasteiger partial charge < -0.3 is 4.74 Å². The molecule has 0 saturated heterocycles. The molecule has 3 rings (SSSR count). The third-order valence-electron chi connectivity index (χ3n) is 2.37. The number of nitrogens with zero attached hydrogens (tertiary/aromatic N) is 7. The molecule has 2 heterocycles. The topological polar surface area (TPSA) is 102 Å². The van der Waals surface area contributed by atoms with Crippen LogP contribution in [-0.4, -0.2) is 29.7 Å². The minimum absolute atomic E-state index is 0.00408. The van der Waals surface area contributed by atoms with Crippen LogP contribution in [0.25, 0.3) is 5.95 Å². The highest BCUT2D eigenvalue weighted by molar-refractivity contribution is 6.28. The lowest BCUT2D eigenvalue weighted by Gasteiger charge is -2.05. The van der Waals surface area contributed by atoms with Crippen molar-refractivity contribution in [2.75, 3.05) is 0 Å². The predicted molar refractivity (Wildman–Crippen MR) is 71.0 cm³/mol. The molecular weight excluding hydrogens is 294 g/mol. The summed E-state index contributed by atoms with van der Waals surface area (Å²) in [4.78, 5) is 15.7. The van der Waals surface area contributed by atoms with Crippen LogP contribution >= 0.6 is 11.6 Å². The molecule has 0 radical (unpaired) electrons. The van der Waals surface area contributed by atoms with E-state index in [-0.39, 0.29) is 17.2 Å². The molecule has 0 spiro atoms. The van der Waals surface area contributed by atoms with Crippen LogP contribution in [0.3, 0.4) is 0 Å². The normalized spacial score (nSPS) is 10.1. The average Bonchev–Trinajstić information content (AvgIpc) is 3.01. The second-order valence-corrected chi connectivity index (χ2v) is 4.11. The van der Waals surface area contributed by atoms with E-state index in [0.717, 1.165) is 0 Å². The van der Waals surface area contributed by atoms with E-state index in [1.54, 1.807) is 24.3 Å². The molecule has 9 heteroatoms. The van der Waals surface area contributed by atoms with Crippen molar-refractivity contribution in [1.82, 2.24) is 29.7 Å². The smallest absolute Gasteiger partial charge is 0.328 e. The molecule has 1 aromatic carbocycles. The standard InChI is InChI=1S/C12H6ClN7O/c13-10-17-11(20-7-15-6-16-20)19-12(18-10)21-9-3-1-2-8(4-9)5-14/h1-4,6-7H. The second kappa shape index (κ2) is 5.52. The highest BCUT2D eigenvalue weighted by Gasteiger charge is 2.09. The maximum absolute atomic E-state index is 8.85. The van der Waals surface area contributed by atoms with Gasteiger partial charge in [0, 0.05) is 0 Å². The van der Waals surface area contributed by atoms with Gasteiger partial charge in [0.1, 0.15) is 18.4 Å². The zero-order valence-corrected chi connectivity index (χ0v) is 11.1. The first-order valence-corrected chi connectivity index (χ1v) is 6.07. The highest BCUT2D eigenvalue weighted by Crippen LogP contribution is 2.20. The van der Waals surface area contributed by atoms with Gasteiger partial charge in [0.2, 0.25) is 5.28 Å². The van der Waals surface area contributed by atoms with Crippen LogP contribution in [0.15, 0.2) is 36.9 Å². The fourth-order valence-electron chi connectivity index (χ4n) is 1.52. The summed E-state index contributed by atoms with van der Waals surface area (Å²) in [5.74, 6) is 0.597. The van der Waals surface area contributed by atoms with Crippen LogP contribution in [0.2, 0.25) is 5.28 Å². The molecule has 21 heavy (non-hydrogen) atoms. The Morgan fingerprint density at radius 2 is 2.14 bits per heavy atom. The van der Waals surface area contributed by atoms with Crippen molar-refractivity contribution in [1.29, 1.82) is 5.26 Å². The monoisotopic (exact) mass is 299 g/mol. The van der Waals surface area contributed by atoms with Gasteiger partial charge in [-0.1, -0.05) is 6.07 Å². The van der Waals surface area contributed by atoms with E-state index in [1.807, 2.05) is 6.07 Å². The first-order valence-electron chi connectivity index (χ1n) is 5.69. The Labute approximate surface area is 123 Å². The highest BCUT2D eigenvalue weighted by atomic mass is 35.5. The number of aromatic nitrogens is 6. The van der Waals surface area contributed by atoms with E-state index < -0.39 is 0 Å². The van der Waals surface area contributed by atoms with Gasteiger partial charge >= 0.3 is 6.01 Å². The number of ether oxygens (including phenoxy) is 1. The van der Waals surface area contributed by atoms with Crippen LogP contribution in [-0.2, 0) is 0 Å². The molecule has 102 valence electrons. The molecule has 0 N–H and O–H groups in total. The molecular formula is C12H6ClN7O. The lowest BCUT2D eigenvalue weighted by atomic mass is 10.2. The summed E-state index contributed by atoms with van der Waals surface area (Å²) in [5, 5.41) is 12.7. The molecule has 0 atom stereocenters. The molecule has 0 aliphatic carbocycles. The van der Waals surface area contributed by atoms with E-state index in [4.69, 9.17) is 21.6 Å². The molecule has 0 unspecified atom stereocenters. The van der Waals surface area contributed by atoms with E-state index >= 15 is 0 Å². The molecule has 3 aromatic rings. The lowest BCUT2D eigenvalue weighted by Crippen LogP contribution is -2.05. The summed E-state index contributed by atoms with van der Waals surface area (Å²) in [5.41, 5.74) is 0.462. The molecule has 0 saturated carbocycles. The summed E-state index contributed by atoms with van der Waals surface area (Å²) in [6.45, 7) is 0. The molecule has 8 nitrogen and oxygen atoms in total. The number of hydrogen-bond acceptors (Lipinski definition) is 7. The van der Waals surface area contributed by atoms with Gasteiger partial charge in [0.05, 0.1) is 11.6 Å². The third-order valence-corrected chi connectivity index (χ3v) is 2.54. The first kappa shape index (κ1) is 13.0. The van der Waals surface area contributed by atoms with Crippen molar-refractivity contribution in [3.8, 4) is 23.8 Å². The Kier molecular flexibility index (Phi) is 3.41. The van der Waals surface area contributed by atoms with Crippen molar-refractivity contribution in [2.45, 2.75) is 0 Å². The Morgan fingerprint density at radius 3 is 2.90 bits per heavy atom. The zero-order valence-electron chi connectivity index (χ0n) is 10.4. The van der Waals surface area contributed by atoms with Gasteiger partial charge in [-0.15, -0.1) is 0 Å². The van der Waals surface area contributed by atoms with Crippen LogP contribution < -0.4 is 4.74 Å². The Balaban J connectivity index is 1.94. The van der Waals surface area contributed by atoms with Crippen molar-refractivity contribution >= 4 is 11.6 Å². The van der Waals surface area contributed by atoms with Crippen LogP contribution in [0.4, 0.5) is 0 Å². The summed E-state index contributed by atoms with van der Waals surface area (Å²) in [7, 11) is 0. The van der Waals surface area contributed by atoms with Gasteiger partial charge in [-0.25, -0.2) is 4.98 Å². The molecule has 2 aromatic heterocycles. The van der Waals surface area contributed by atoms with Crippen LogP contribution in [0.5, 0.6) is 11.8 Å². The molecule has 0 amide bonds. The van der Waals surface area contributed by atoms with Gasteiger partial charge in [-0.05, 0) is 29.8 Å². The largest absolute Gasteiger partial charge is 0.424 e. The summed E-state index contributed by atoms with van der Waals surface area (Å²) < 4.78 is 6.81. The molecule has 0 aliphatic heterocycles. The van der Waals surface area contributed by atoms with E-state index in [0.29, 0.717) is 11.3 Å². The number of benzene rings is 1. The number of rotatable bonds is 3. The molecule has 0 fully saturated rings. The minimum atomic E-state index is -0.0399. The van der Waals surface area contributed by atoms with Crippen molar-refractivity contribution in [3.05, 3.63) is 47.8 Å². The Bertz CT molecular complexity index is 813. The predicted octanol–water partition coefficient (Wildman–Crippen LogP) is 1.77. The third kappa shape index (κ3) is 2.93. The summed E-state index contributed by atoms with van der Waals surface area (Å²) in [6.07, 6.45) is 2.76. The van der Waals surface area contributed by atoms with E-state index in [9.17, 15) is 0 Å². The van der Waals surface area contributed by atoms with Gasteiger partial charge in [0.25, 0.3) is 5.95 Å². The Hall–Kier alpha value is -3.05. The molecule has 0 bridgehead atoms. The lowest BCUT2D eigenvalue weighted by molar-refractivity contribution is 0.437. The van der Waals surface area contributed by atoms with E-state index in [1.165, 1.54) is 17.3 Å². The minimum Gasteiger partial charge on any atom is -0.424 e. The average molecular weight is 300 g/mol. The summed E-state index contributed by atoms with van der Waals surface area (Å²) >= 11 is 5.84. The van der Waals surface area contributed by atoms with Crippen molar-refractivity contribution < 1.29 is 4.74 Å². The van der Waals surface area contributed by atoms with Crippen LogP contribution in [0, 0.1) is 11.3 Å². The van der Waals surface area contributed by atoms with Crippen LogP contribution in [0.1, 0.15) is 5.56 Å². The maximum Gasteiger partial charge on any atom is 0.328 e. The number of hydrogen-bond donors (Lipinski definition) is 0. The maximum atomic E-state index is 8.85. The van der Waals surface area contributed by atoms with Gasteiger partial charge in [0.15, 0.2) is 0 Å². The molecule has 0 aliphatic rings. The fraction of sp³-hybridized carbons (Fsp3) is 0. The van der Waals surface area contributed by atoms with E-state index in [2.05, 4.69) is 25.0 Å². The zero-order chi connectivity index (χ0) is 14.7. The Morgan fingerprint density at radius 1 is 1.24 bits per heavy atom. The van der Waals surface area contributed by atoms with Gasteiger partial charge in [-0.2, -0.15) is 30.0 Å². The van der Waals surface area contributed by atoms with Crippen molar-refractivity contribution in [2.24, 2.45) is 0 Å².